The van der Waals surface area contributed by atoms with Gasteiger partial charge in [-0.15, -0.1) is 11.3 Å². The summed E-state index contributed by atoms with van der Waals surface area (Å²) >= 11 is 1.56. The smallest absolute Gasteiger partial charge is 0.260 e. The molecule has 0 aliphatic carbocycles. The van der Waals surface area contributed by atoms with Crippen molar-refractivity contribution in [3.8, 4) is 11.1 Å². The molecular weight excluding hydrogens is 385 g/mol. The lowest BCUT2D eigenvalue weighted by atomic mass is 10.0. The molecule has 0 saturated carbocycles. The second kappa shape index (κ2) is 7.89. The van der Waals surface area contributed by atoms with E-state index in [4.69, 9.17) is 4.98 Å². The molecule has 4 nitrogen and oxygen atoms in total. The Kier molecular flexibility index (Phi) is 5.30. The number of quaternary nitrogens is 1. The first-order valence-corrected chi connectivity index (χ1v) is 10.4. The molecule has 1 unspecified atom stereocenters. The summed E-state index contributed by atoms with van der Waals surface area (Å²) in [5, 5.41) is 0.663. The second-order valence-electron chi connectivity index (χ2n) is 7.53. The Hall–Kier alpha value is -2.83. The Morgan fingerprint density at radius 3 is 2.41 bits per heavy atom. The maximum absolute atomic E-state index is 13.1. The number of hydrogen-bond donors (Lipinski definition) is 2. The lowest BCUT2D eigenvalue weighted by Crippen LogP contribution is -3.06. The minimum absolute atomic E-state index is 0.0977. The molecule has 2 aromatic carbocycles. The largest absolute Gasteiger partial charge is 0.327 e. The van der Waals surface area contributed by atoms with Crippen molar-refractivity contribution < 1.29 is 9.29 Å². The summed E-state index contributed by atoms with van der Waals surface area (Å²) in [5.74, 6) is 0.430. The van der Waals surface area contributed by atoms with Crippen LogP contribution in [0.5, 0.6) is 0 Å². The van der Waals surface area contributed by atoms with E-state index in [9.17, 15) is 9.18 Å². The number of aryl methyl sites for hydroxylation is 2. The number of rotatable bonds is 5. The lowest BCUT2D eigenvalue weighted by Gasteiger charge is -2.13. The first-order valence-electron chi connectivity index (χ1n) is 9.56. The normalized spacial score (nSPS) is 12.4. The van der Waals surface area contributed by atoms with Crippen LogP contribution in [0.3, 0.4) is 0 Å². The van der Waals surface area contributed by atoms with Gasteiger partial charge in [0, 0.05) is 16.0 Å². The minimum atomic E-state index is -0.236. The van der Waals surface area contributed by atoms with Crippen LogP contribution < -0.4 is 10.5 Å². The predicted molar refractivity (Wildman–Crippen MR) is 116 cm³/mol. The quantitative estimate of drug-likeness (QED) is 0.530. The maximum Gasteiger partial charge on any atom is 0.260 e. The van der Waals surface area contributed by atoms with Gasteiger partial charge in [0.2, 0.25) is 0 Å². The van der Waals surface area contributed by atoms with E-state index in [2.05, 4.69) is 29.2 Å². The summed E-state index contributed by atoms with van der Waals surface area (Å²) in [6, 6.07) is 14.7. The molecule has 2 heterocycles. The maximum atomic E-state index is 13.1. The van der Waals surface area contributed by atoms with E-state index in [-0.39, 0.29) is 11.4 Å². The van der Waals surface area contributed by atoms with Crippen LogP contribution in [0.15, 0.2) is 53.3 Å². The van der Waals surface area contributed by atoms with Crippen molar-refractivity contribution in [3.05, 3.63) is 86.5 Å². The molecule has 148 valence electrons. The first kappa shape index (κ1) is 19.5. The zero-order valence-electron chi connectivity index (χ0n) is 16.7. The standard InChI is InChI=1S/C23H22FN3OS/c1-14-4-8-17(9-5-14)20-15(2)29-23-21(20)22(28)25-19(26-23)13-27(3)12-16-6-10-18(24)11-7-16/h4-11H,12-13H2,1-3H3,(H,25,26,28)/p+1. The Morgan fingerprint density at radius 1 is 1.03 bits per heavy atom. The molecule has 0 saturated heterocycles. The van der Waals surface area contributed by atoms with Crippen molar-refractivity contribution in [1.82, 2.24) is 9.97 Å². The van der Waals surface area contributed by atoms with Crippen molar-refractivity contribution >= 4 is 21.6 Å². The first-order chi connectivity index (χ1) is 13.9. The molecule has 1 atom stereocenters. The zero-order valence-corrected chi connectivity index (χ0v) is 17.5. The number of benzene rings is 2. The van der Waals surface area contributed by atoms with E-state index in [1.807, 2.05) is 20.9 Å². The van der Waals surface area contributed by atoms with Crippen LogP contribution in [0.25, 0.3) is 21.3 Å². The van der Waals surface area contributed by atoms with Crippen molar-refractivity contribution in [2.24, 2.45) is 0 Å². The van der Waals surface area contributed by atoms with Crippen molar-refractivity contribution in [1.29, 1.82) is 0 Å². The third-order valence-corrected chi connectivity index (χ3v) is 6.01. The van der Waals surface area contributed by atoms with Crippen molar-refractivity contribution in [3.63, 3.8) is 0 Å². The van der Waals surface area contributed by atoms with Gasteiger partial charge in [0.05, 0.1) is 12.4 Å². The van der Waals surface area contributed by atoms with Crippen LogP contribution in [0.4, 0.5) is 4.39 Å². The van der Waals surface area contributed by atoms with Crippen molar-refractivity contribution in [2.45, 2.75) is 26.9 Å². The van der Waals surface area contributed by atoms with Gasteiger partial charge in [0.25, 0.3) is 5.56 Å². The zero-order chi connectivity index (χ0) is 20.5. The van der Waals surface area contributed by atoms with Gasteiger partial charge < -0.3 is 9.88 Å². The van der Waals surface area contributed by atoms with Gasteiger partial charge in [0.1, 0.15) is 23.7 Å². The molecule has 29 heavy (non-hydrogen) atoms. The van der Waals surface area contributed by atoms with E-state index in [1.165, 1.54) is 17.7 Å². The Morgan fingerprint density at radius 2 is 1.72 bits per heavy atom. The highest BCUT2D eigenvalue weighted by Crippen LogP contribution is 2.35. The second-order valence-corrected chi connectivity index (χ2v) is 8.73. The average molecular weight is 409 g/mol. The van der Waals surface area contributed by atoms with Gasteiger partial charge in [-0.1, -0.05) is 42.0 Å². The van der Waals surface area contributed by atoms with Gasteiger partial charge in [-0.2, -0.15) is 0 Å². The molecule has 0 spiro atoms. The average Bonchev–Trinajstić information content (AvgIpc) is 3.00. The topological polar surface area (TPSA) is 50.2 Å². The summed E-state index contributed by atoms with van der Waals surface area (Å²) in [4.78, 5) is 23.6. The van der Waals surface area contributed by atoms with Crippen molar-refractivity contribution in [2.75, 3.05) is 7.05 Å². The number of aromatic nitrogens is 2. The molecule has 0 radical (unpaired) electrons. The van der Waals surface area contributed by atoms with Gasteiger partial charge in [0.15, 0.2) is 5.82 Å². The summed E-state index contributed by atoms with van der Waals surface area (Å²) in [6.45, 7) is 5.39. The highest BCUT2D eigenvalue weighted by atomic mass is 32.1. The molecule has 2 N–H and O–H groups in total. The highest BCUT2D eigenvalue weighted by Gasteiger charge is 2.18. The van der Waals surface area contributed by atoms with E-state index < -0.39 is 0 Å². The van der Waals surface area contributed by atoms with Crippen LogP contribution in [-0.2, 0) is 13.1 Å². The molecule has 0 amide bonds. The highest BCUT2D eigenvalue weighted by molar-refractivity contribution is 7.19. The van der Waals surface area contributed by atoms with Gasteiger partial charge in [-0.3, -0.25) is 4.79 Å². The summed E-state index contributed by atoms with van der Waals surface area (Å²) in [5.41, 5.74) is 4.14. The van der Waals surface area contributed by atoms with Crippen LogP contribution in [0, 0.1) is 19.7 Å². The third kappa shape index (κ3) is 4.13. The Labute approximate surface area is 172 Å². The molecule has 6 heteroatoms. The number of nitrogens with zero attached hydrogens (tertiary/aromatic N) is 1. The number of hydrogen-bond acceptors (Lipinski definition) is 3. The van der Waals surface area contributed by atoms with E-state index >= 15 is 0 Å². The summed E-state index contributed by atoms with van der Waals surface area (Å²) in [6.07, 6.45) is 0. The monoisotopic (exact) mass is 408 g/mol. The number of nitrogens with one attached hydrogen (secondary N) is 2. The summed E-state index contributed by atoms with van der Waals surface area (Å²) < 4.78 is 13.1. The molecule has 0 aliphatic rings. The molecule has 0 aliphatic heterocycles. The fourth-order valence-corrected chi connectivity index (χ4v) is 4.68. The number of halogens is 1. The van der Waals surface area contributed by atoms with Crippen LogP contribution in [-0.4, -0.2) is 17.0 Å². The van der Waals surface area contributed by atoms with Gasteiger partial charge in [-0.05, 0) is 31.5 Å². The molecule has 0 bridgehead atoms. The molecule has 4 aromatic rings. The Bertz CT molecular complexity index is 1210. The fraction of sp³-hybridized carbons (Fsp3) is 0.217. The van der Waals surface area contributed by atoms with Gasteiger partial charge >= 0.3 is 0 Å². The van der Waals surface area contributed by atoms with E-state index in [0.717, 1.165) is 37.8 Å². The number of thiophene rings is 1. The third-order valence-electron chi connectivity index (χ3n) is 5.02. The van der Waals surface area contributed by atoms with E-state index in [0.29, 0.717) is 17.8 Å². The minimum Gasteiger partial charge on any atom is -0.327 e. The Balaban J connectivity index is 1.63. The molecule has 4 rings (SSSR count). The molecule has 0 fully saturated rings. The molecule has 2 aromatic heterocycles. The number of H-pyrrole nitrogens is 1. The number of aromatic amines is 1. The van der Waals surface area contributed by atoms with Crippen LogP contribution in [0.1, 0.15) is 21.8 Å². The van der Waals surface area contributed by atoms with E-state index in [1.54, 1.807) is 23.5 Å². The SMILES string of the molecule is Cc1ccc(-c2c(C)sc3nc(C[NH+](C)Cc4ccc(F)cc4)[nH]c(=O)c23)cc1. The summed E-state index contributed by atoms with van der Waals surface area (Å²) in [7, 11) is 2.03. The van der Waals surface area contributed by atoms with Crippen LogP contribution in [0.2, 0.25) is 0 Å². The number of fused-ring (bicyclic) bond motifs is 1. The predicted octanol–water partition coefficient (Wildman–Crippen LogP) is 3.62. The fourth-order valence-electron chi connectivity index (χ4n) is 3.61. The van der Waals surface area contributed by atoms with Crippen LogP contribution >= 0.6 is 11.3 Å². The molecular formula is C23H23FN3OS+. The van der Waals surface area contributed by atoms with Gasteiger partial charge in [-0.25, -0.2) is 9.37 Å². The lowest BCUT2D eigenvalue weighted by molar-refractivity contribution is -0.908.